The first-order chi connectivity index (χ1) is 12.2. The highest BCUT2D eigenvalue weighted by atomic mass is 32.2. The van der Waals surface area contributed by atoms with Gasteiger partial charge in [-0.05, 0) is 40.6 Å². The number of benzene rings is 3. The van der Waals surface area contributed by atoms with Gasteiger partial charge < -0.3 is 9.64 Å². The summed E-state index contributed by atoms with van der Waals surface area (Å²) in [5, 5.41) is 2.42. The van der Waals surface area contributed by atoms with Crippen LogP contribution >= 0.6 is 11.8 Å². The second-order valence-electron chi connectivity index (χ2n) is 5.90. The maximum absolute atomic E-state index is 12.4. The number of fused-ring (bicyclic) bond motifs is 1. The van der Waals surface area contributed by atoms with Crippen LogP contribution in [-0.4, -0.2) is 30.7 Å². The van der Waals surface area contributed by atoms with Crippen LogP contribution in [-0.2, 0) is 11.3 Å². The molecule has 0 spiro atoms. The van der Waals surface area contributed by atoms with Gasteiger partial charge in [0.05, 0.1) is 12.9 Å². The van der Waals surface area contributed by atoms with E-state index in [1.54, 1.807) is 23.8 Å². The van der Waals surface area contributed by atoms with Gasteiger partial charge in [-0.1, -0.05) is 42.5 Å². The molecule has 3 rings (SSSR count). The minimum absolute atomic E-state index is 0.119. The molecular formula is C21H21NO2S. The average molecular weight is 351 g/mol. The molecule has 0 unspecified atom stereocenters. The van der Waals surface area contributed by atoms with Gasteiger partial charge in [0.15, 0.2) is 0 Å². The number of thioether (sulfide) groups is 1. The number of rotatable bonds is 6. The zero-order valence-electron chi connectivity index (χ0n) is 14.4. The highest BCUT2D eigenvalue weighted by Crippen LogP contribution is 2.24. The molecule has 3 aromatic carbocycles. The van der Waals surface area contributed by atoms with Crippen molar-refractivity contribution in [3.05, 3.63) is 72.3 Å². The lowest BCUT2D eigenvalue weighted by molar-refractivity contribution is -0.127. The van der Waals surface area contributed by atoms with Crippen molar-refractivity contribution >= 4 is 28.4 Å². The van der Waals surface area contributed by atoms with E-state index < -0.39 is 0 Å². The van der Waals surface area contributed by atoms with Gasteiger partial charge in [-0.25, -0.2) is 0 Å². The maximum Gasteiger partial charge on any atom is 0.232 e. The summed E-state index contributed by atoms with van der Waals surface area (Å²) in [6.45, 7) is 0.598. The standard InChI is InChI=1S/C21H21NO2S/c1-22(14-16-7-10-19(24-2)11-8-16)21(23)15-25-20-12-9-17-5-3-4-6-18(17)13-20/h3-13H,14-15H2,1-2H3. The van der Waals surface area contributed by atoms with E-state index >= 15 is 0 Å². The Hall–Kier alpha value is -2.46. The quantitative estimate of drug-likeness (QED) is 0.608. The lowest BCUT2D eigenvalue weighted by atomic mass is 10.1. The van der Waals surface area contributed by atoms with Crippen molar-refractivity contribution in [1.82, 2.24) is 4.90 Å². The van der Waals surface area contributed by atoms with Crippen LogP contribution in [0, 0.1) is 0 Å². The van der Waals surface area contributed by atoms with Crippen LogP contribution in [0.4, 0.5) is 0 Å². The summed E-state index contributed by atoms with van der Waals surface area (Å²) < 4.78 is 5.16. The molecule has 0 bridgehead atoms. The van der Waals surface area contributed by atoms with E-state index in [2.05, 4.69) is 30.3 Å². The normalized spacial score (nSPS) is 10.6. The SMILES string of the molecule is COc1ccc(CN(C)C(=O)CSc2ccc3ccccc3c2)cc1. The Bertz CT molecular complexity index is 861. The summed E-state index contributed by atoms with van der Waals surface area (Å²) in [5.41, 5.74) is 1.09. The summed E-state index contributed by atoms with van der Waals surface area (Å²) in [6, 6.07) is 22.4. The molecule has 3 nitrogen and oxygen atoms in total. The first kappa shape index (κ1) is 17.4. The molecule has 3 aromatic rings. The molecular weight excluding hydrogens is 330 g/mol. The number of hydrogen-bond acceptors (Lipinski definition) is 3. The minimum Gasteiger partial charge on any atom is -0.497 e. The summed E-state index contributed by atoms with van der Waals surface area (Å²) in [4.78, 5) is 15.3. The smallest absolute Gasteiger partial charge is 0.232 e. The molecule has 0 aliphatic rings. The Balaban J connectivity index is 1.56. The molecule has 25 heavy (non-hydrogen) atoms. The number of hydrogen-bond donors (Lipinski definition) is 0. The van der Waals surface area contributed by atoms with E-state index in [1.165, 1.54) is 10.8 Å². The summed E-state index contributed by atoms with van der Waals surface area (Å²) in [6.07, 6.45) is 0. The maximum atomic E-state index is 12.4. The van der Waals surface area contributed by atoms with Crippen LogP contribution in [0.15, 0.2) is 71.6 Å². The Morgan fingerprint density at radius 3 is 2.44 bits per heavy atom. The first-order valence-electron chi connectivity index (χ1n) is 8.14. The van der Waals surface area contributed by atoms with Crippen LogP contribution in [0.2, 0.25) is 0 Å². The molecule has 0 aromatic heterocycles. The van der Waals surface area contributed by atoms with E-state index in [-0.39, 0.29) is 5.91 Å². The van der Waals surface area contributed by atoms with Crippen LogP contribution in [0.3, 0.4) is 0 Å². The molecule has 1 amide bonds. The van der Waals surface area contributed by atoms with Crippen LogP contribution in [0.5, 0.6) is 5.75 Å². The van der Waals surface area contributed by atoms with Crippen molar-refractivity contribution in [2.24, 2.45) is 0 Å². The molecule has 0 aliphatic carbocycles. The van der Waals surface area contributed by atoms with Gasteiger partial charge in [0.1, 0.15) is 5.75 Å². The molecule has 4 heteroatoms. The monoisotopic (exact) mass is 351 g/mol. The minimum atomic E-state index is 0.119. The third-order valence-electron chi connectivity index (χ3n) is 4.09. The number of amides is 1. The lowest BCUT2D eigenvalue weighted by Crippen LogP contribution is -2.27. The summed E-state index contributed by atoms with van der Waals surface area (Å²) in [7, 11) is 3.49. The zero-order valence-corrected chi connectivity index (χ0v) is 15.3. The molecule has 0 fully saturated rings. The summed E-state index contributed by atoms with van der Waals surface area (Å²) >= 11 is 1.58. The van der Waals surface area contributed by atoms with Crippen molar-refractivity contribution in [3.8, 4) is 5.75 Å². The first-order valence-corrected chi connectivity index (χ1v) is 9.13. The van der Waals surface area contributed by atoms with E-state index in [1.807, 2.05) is 43.4 Å². The van der Waals surface area contributed by atoms with Crippen molar-refractivity contribution in [2.75, 3.05) is 19.9 Å². The molecule has 0 heterocycles. The molecule has 128 valence electrons. The highest BCUT2D eigenvalue weighted by Gasteiger charge is 2.10. The Morgan fingerprint density at radius 1 is 1.00 bits per heavy atom. The fraction of sp³-hybridized carbons (Fsp3) is 0.190. The second-order valence-corrected chi connectivity index (χ2v) is 6.94. The number of carbonyl (C=O) groups is 1. The molecule has 0 atom stereocenters. The van der Waals surface area contributed by atoms with Crippen LogP contribution < -0.4 is 4.74 Å². The molecule has 0 radical (unpaired) electrons. The number of methoxy groups -OCH3 is 1. The van der Waals surface area contributed by atoms with E-state index in [4.69, 9.17) is 4.74 Å². The second kappa shape index (κ2) is 8.08. The third-order valence-corrected chi connectivity index (χ3v) is 5.07. The average Bonchev–Trinajstić information content (AvgIpc) is 2.66. The van der Waals surface area contributed by atoms with Crippen molar-refractivity contribution in [3.63, 3.8) is 0 Å². The third kappa shape index (κ3) is 4.54. The van der Waals surface area contributed by atoms with Gasteiger partial charge in [0, 0.05) is 18.5 Å². The fourth-order valence-electron chi connectivity index (χ4n) is 2.61. The summed E-state index contributed by atoms with van der Waals surface area (Å²) in [5.74, 6) is 1.38. The van der Waals surface area contributed by atoms with E-state index in [0.717, 1.165) is 16.2 Å². The van der Waals surface area contributed by atoms with E-state index in [9.17, 15) is 4.79 Å². The van der Waals surface area contributed by atoms with Crippen LogP contribution in [0.1, 0.15) is 5.56 Å². The largest absolute Gasteiger partial charge is 0.497 e. The number of nitrogens with zero attached hydrogens (tertiary/aromatic N) is 1. The van der Waals surface area contributed by atoms with Crippen molar-refractivity contribution in [2.45, 2.75) is 11.4 Å². The van der Waals surface area contributed by atoms with E-state index in [0.29, 0.717) is 12.3 Å². The fourth-order valence-corrected chi connectivity index (χ4v) is 3.49. The van der Waals surface area contributed by atoms with Gasteiger partial charge in [-0.15, -0.1) is 11.8 Å². The number of carbonyl (C=O) groups excluding carboxylic acids is 1. The van der Waals surface area contributed by atoms with Crippen molar-refractivity contribution < 1.29 is 9.53 Å². The highest BCUT2D eigenvalue weighted by molar-refractivity contribution is 8.00. The molecule has 0 N–H and O–H groups in total. The molecule has 0 saturated heterocycles. The van der Waals surface area contributed by atoms with Gasteiger partial charge in [-0.3, -0.25) is 4.79 Å². The Morgan fingerprint density at radius 2 is 1.72 bits per heavy atom. The topological polar surface area (TPSA) is 29.5 Å². The molecule has 0 saturated carbocycles. The predicted molar refractivity (Wildman–Crippen MR) is 104 cm³/mol. The zero-order chi connectivity index (χ0) is 17.6. The van der Waals surface area contributed by atoms with Crippen molar-refractivity contribution in [1.29, 1.82) is 0 Å². The van der Waals surface area contributed by atoms with Gasteiger partial charge in [-0.2, -0.15) is 0 Å². The van der Waals surface area contributed by atoms with Crippen LogP contribution in [0.25, 0.3) is 10.8 Å². The van der Waals surface area contributed by atoms with Gasteiger partial charge in [0.25, 0.3) is 0 Å². The Labute approximate surface area is 152 Å². The van der Waals surface area contributed by atoms with Gasteiger partial charge >= 0.3 is 0 Å². The number of ether oxygens (including phenoxy) is 1. The molecule has 0 aliphatic heterocycles. The lowest BCUT2D eigenvalue weighted by Gasteiger charge is -2.17. The Kier molecular flexibility index (Phi) is 5.61. The predicted octanol–water partition coefficient (Wildman–Crippen LogP) is 4.60. The van der Waals surface area contributed by atoms with Gasteiger partial charge in [0.2, 0.25) is 5.91 Å².